The minimum Gasteiger partial charge on any atom is -0.412 e. The number of benzene rings is 4. The molecule has 0 heterocycles. The van der Waals surface area contributed by atoms with Crippen molar-refractivity contribution in [3.05, 3.63) is 144 Å². The van der Waals surface area contributed by atoms with E-state index in [9.17, 15) is 0 Å². The molecule has 0 spiro atoms. The number of hydrogen-bond donors (Lipinski definition) is 2. The molecule has 4 rings (SSSR count). The van der Waals surface area contributed by atoms with Crippen molar-refractivity contribution < 1.29 is 19.5 Å². The van der Waals surface area contributed by atoms with Gasteiger partial charge in [-0.25, -0.2) is 0 Å². The van der Waals surface area contributed by atoms with Crippen LogP contribution in [0.1, 0.15) is 34.3 Å². The molecular formula is C30H28N2S4Zn. The van der Waals surface area contributed by atoms with Gasteiger partial charge in [-0.3, -0.25) is 0 Å². The molecule has 184 valence electrons. The predicted octanol–water partition coefficient (Wildman–Crippen LogP) is 6.78. The Morgan fingerprint density at radius 3 is 1.05 bits per heavy atom. The Hall–Kier alpha value is -2.28. The van der Waals surface area contributed by atoms with Crippen molar-refractivity contribution >= 4 is 58.3 Å². The van der Waals surface area contributed by atoms with Crippen molar-refractivity contribution in [3.63, 3.8) is 0 Å². The van der Waals surface area contributed by atoms with Gasteiger partial charge in [-0.05, 0) is 35.1 Å². The topological polar surface area (TPSA) is 24.1 Å². The molecule has 2 N–H and O–H groups in total. The smallest absolute Gasteiger partial charge is 0.412 e. The maximum absolute atomic E-state index is 4.99. The zero-order valence-electron chi connectivity index (χ0n) is 20.5. The van der Waals surface area contributed by atoms with Gasteiger partial charge in [0.2, 0.25) is 0 Å². The summed E-state index contributed by atoms with van der Waals surface area (Å²) in [5.74, 6) is 0. The Morgan fingerprint density at radius 1 is 0.514 bits per heavy atom. The molecule has 2 unspecified atom stereocenters. The van der Waals surface area contributed by atoms with Crippen LogP contribution in [-0.4, -0.2) is 8.64 Å². The Morgan fingerprint density at radius 2 is 0.784 bits per heavy atom. The molecule has 2 nitrogen and oxygen atoms in total. The molecule has 4 aromatic carbocycles. The molecule has 0 fully saturated rings. The second-order valence-electron chi connectivity index (χ2n) is 8.17. The molecule has 0 aromatic heterocycles. The molecule has 0 aliphatic rings. The molecule has 0 aliphatic carbocycles. The van der Waals surface area contributed by atoms with Crippen LogP contribution in [0.15, 0.2) is 121 Å². The number of thiocarbonyl (C=S) groups is 2. The molecule has 0 saturated carbocycles. The molecule has 0 bridgehead atoms. The fraction of sp³-hybridized carbons (Fsp3) is 0.133. The SMILES string of the molecule is S=C([S-])NC(Cc1ccccc1)c1ccccc1.S=C([S-])NC(Cc1ccccc1)c1ccccc1.[Zn+2]. The van der Waals surface area contributed by atoms with Gasteiger partial charge >= 0.3 is 19.5 Å². The van der Waals surface area contributed by atoms with Crippen LogP contribution in [0.5, 0.6) is 0 Å². The summed E-state index contributed by atoms with van der Waals surface area (Å²) in [5, 5.41) is 6.38. The monoisotopic (exact) mass is 608 g/mol. The summed E-state index contributed by atoms with van der Waals surface area (Å²) in [5.41, 5.74) is 4.94. The van der Waals surface area contributed by atoms with Gasteiger partial charge in [0.1, 0.15) is 0 Å². The average molecular weight is 610 g/mol. The molecule has 0 aliphatic heterocycles. The average Bonchev–Trinajstić information content (AvgIpc) is 2.90. The summed E-state index contributed by atoms with van der Waals surface area (Å²) >= 11 is 20.0. The molecule has 2 atom stereocenters. The zero-order chi connectivity index (χ0) is 25.6. The third-order valence-electron chi connectivity index (χ3n) is 5.55. The van der Waals surface area contributed by atoms with Gasteiger partial charge < -0.3 is 60.3 Å². The molecular weight excluding hydrogens is 582 g/mol. The first kappa shape index (κ1) is 30.9. The van der Waals surface area contributed by atoms with Crippen LogP contribution >= 0.6 is 24.4 Å². The summed E-state index contributed by atoms with van der Waals surface area (Å²) in [6, 6.07) is 41.5. The minimum atomic E-state index is 0. The molecule has 0 saturated heterocycles. The van der Waals surface area contributed by atoms with Crippen LogP contribution in [0.4, 0.5) is 0 Å². The van der Waals surface area contributed by atoms with Crippen LogP contribution in [0.25, 0.3) is 0 Å². The standard InChI is InChI=1S/2C15H15NS2.Zn/c2*17-15(18)16-14(13-9-5-2-6-10-13)11-12-7-3-1-4-8-12;/h2*1-10,14H,11H2,(H2,16,17,18);/q;;+2/p-2. The largest absolute Gasteiger partial charge is 2.00 e. The van der Waals surface area contributed by atoms with Gasteiger partial charge in [0, 0.05) is 0 Å². The van der Waals surface area contributed by atoms with E-state index in [0.29, 0.717) is 8.64 Å². The molecule has 0 amide bonds. The van der Waals surface area contributed by atoms with Gasteiger partial charge in [0.15, 0.2) is 0 Å². The summed E-state index contributed by atoms with van der Waals surface area (Å²) < 4.78 is 0.833. The first-order valence-electron chi connectivity index (χ1n) is 11.6. The van der Waals surface area contributed by atoms with Gasteiger partial charge in [-0.15, -0.1) is 0 Å². The van der Waals surface area contributed by atoms with E-state index in [-0.39, 0.29) is 31.6 Å². The quantitative estimate of drug-likeness (QED) is 0.130. The Kier molecular flexibility index (Phi) is 14.4. The van der Waals surface area contributed by atoms with Gasteiger partial charge in [-0.1, -0.05) is 130 Å². The Balaban J connectivity index is 0.000000253. The van der Waals surface area contributed by atoms with E-state index >= 15 is 0 Å². The zero-order valence-corrected chi connectivity index (χ0v) is 26.7. The molecule has 0 radical (unpaired) electrons. The van der Waals surface area contributed by atoms with Crippen LogP contribution in [-0.2, 0) is 57.6 Å². The number of hydrogen-bond acceptors (Lipinski definition) is 4. The summed E-state index contributed by atoms with van der Waals surface area (Å²) in [4.78, 5) is 0. The molecule has 4 aromatic rings. The van der Waals surface area contributed by atoms with Crippen molar-refractivity contribution in [2.24, 2.45) is 0 Å². The van der Waals surface area contributed by atoms with Crippen molar-refractivity contribution in [2.45, 2.75) is 24.9 Å². The van der Waals surface area contributed by atoms with Crippen LogP contribution < -0.4 is 10.6 Å². The second kappa shape index (κ2) is 17.3. The molecule has 7 heteroatoms. The van der Waals surface area contributed by atoms with Crippen LogP contribution in [0, 0.1) is 0 Å². The second-order valence-corrected chi connectivity index (χ2v) is 10.3. The van der Waals surface area contributed by atoms with Crippen LogP contribution in [0.3, 0.4) is 0 Å². The normalized spacial score (nSPS) is 11.5. The van der Waals surface area contributed by atoms with Crippen molar-refractivity contribution in [3.8, 4) is 0 Å². The molecule has 37 heavy (non-hydrogen) atoms. The first-order valence-corrected chi connectivity index (χ1v) is 13.3. The van der Waals surface area contributed by atoms with E-state index in [1.807, 2.05) is 72.8 Å². The van der Waals surface area contributed by atoms with Crippen molar-refractivity contribution in [1.29, 1.82) is 0 Å². The van der Waals surface area contributed by atoms with Gasteiger partial charge in [0.05, 0.1) is 12.1 Å². The van der Waals surface area contributed by atoms with Gasteiger partial charge in [-0.2, -0.15) is 0 Å². The third-order valence-corrected chi connectivity index (χ3v) is 6.02. The Labute approximate surface area is 255 Å². The van der Waals surface area contributed by atoms with Gasteiger partial charge in [0.25, 0.3) is 0 Å². The van der Waals surface area contributed by atoms with E-state index < -0.39 is 0 Å². The van der Waals surface area contributed by atoms with E-state index in [1.165, 1.54) is 22.3 Å². The van der Waals surface area contributed by atoms with E-state index in [0.717, 1.165) is 12.8 Å². The van der Waals surface area contributed by atoms with E-state index in [1.54, 1.807) is 0 Å². The fourth-order valence-corrected chi connectivity index (χ4v) is 4.43. The summed E-state index contributed by atoms with van der Waals surface area (Å²) in [6.07, 6.45) is 1.75. The minimum absolute atomic E-state index is 0. The third kappa shape index (κ3) is 11.8. The Bertz CT molecular complexity index is 1100. The first-order chi connectivity index (χ1) is 17.5. The summed E-state index contributed by atoms with van der Waals surface area (Å²) in [7, 11) is 0. The number of nitrogens with one attached hydrogen (secondary N) is 2. The van der Waals surface area contributed by atoms with Crippen LogP contribution in [0.2, 0.25) is 0 Å². The number of rotatable bonds is 8. The van der Waals surface area contributed by atoms with Crippen molar-refractivity contribution in [1.82, 2.24) is 10.6 Å². The fourth-order valence-electron chi connectivity index (χ4n) is 3.86. The van der Waals surface area contributed by atoms with Crippen molar-refractivity contribution in [2.75, 3.05) is 0 Å². The summed E-state index contributed by atoms with van der Waals surface area (Å²) in [6.45, 7) is 0. The maximum Gasteiger partial charge on any atom is 2.00 e. The maximum atomic E-state index is 4.99. The predicted molar refractivity (Wildman–Crippen MR) is 165 cm³/mol. The van der Waals surface area contributed by atoms with E-state index in [2.05, 4.69) is 59.2 Å². The van der Waals surface area contributed by atoms with E-state index in [4.69, 9.17) is 49.7 Å².